The van der Waals surface area contributed by atoms with Gasteiger partial charge in [0.2, 0.25) is 0 Å². The second kappa shape index (κ2) is 4.71. The summed E-state index contributed by atoms with van der Waals surface area (Å²) in [6, 6.07) is 0. The number of nitrogens with zero attached hydrogens (tertiary/aromatic N) is 1. The van der Waals surface area contributed by atoms with E-state index in [0.29, 0.717) is 5.41 Å². The molecule has 0 saturated carbocycles. The van der Waals surface area contributed by atoms with Crippen LogP contribution in [-0.4, -0.2) is 16.7 Å². The van der Waals surface area contributed by atoms with Crippen LogP contribution in [0.3, 0.4) is 0 Å². The largest absolute Gasteiger partial charge is 0.369 e. The molecule has 96 valence electrons. The Morgan fingerprint density at radius 3 is 2.82 bits per heavy atom. The molecule has 1 aromatic heterocycles. The molecule has 0 aromatic carbocycles. The third-order valence-electron chi connectivity index (χ3n) is 4.51. The van der Waals surface area contributed by atoms with Crippen LogP contribution in [0.2, 0.25) is 0 Å². The van der Waals surface area contributed by atoms with Crippen molar-refractivity contribution >= 4 is 5.82 Å². The van der Waals surface area contributed by atoms with Crippen molar-refractivity contribution in [2.24, 2.45) is 11.3 Å². The lowest BCUT2D eigenvalue weighted by Crippen LogP contribution is -2.29. The number of H-pyrrole nitrogens is 1. The van der Waals surface area contributed by atoms with Gasteiger partial charge in [0, 0.05) is 17.8 Å². The Morgan fingerprint density at radius 1 is 1.41 bits per heavy atom. The molecule has 0 fully saturated rings. The number of aryl methyl sites for hydroxylation is 1. The first-order valence-electron chi connectivity index (χ1n) is 6.88. The molecular formula is C14H25N3. The van der Waals surface area contributed by atoms with Crippen LogP contribution in [-0.2, 0) is 12.8 Å². The molecule has 1 aliphatic rings. The highest BCUT2D eigenvalue weighted by molar-refractivity contribution is 5.47. The monoisotopic (exact) mass is 235 g/mol. The average molecular weight is 235 g/mol. The lowest BCUT2D eigenvalue weighted by Gasteiger charge is -2.36. The van der Waals surface area contributed by atoms with Crippen LogP contribution < -0.4 is 5.32 Å². The maximum atomic E-state index is 4.39. The molecule has 17 heavy (non-hydrogen) atoms. The highest BCUT2D eigenvalue weighted by Gasteiger charge is 2.33. The van der Waals surface area contributed by atoms with Gasteiger partial charge in [0.05, 0.1) is 0 Å². The molecule has 0 radical (unpaired) electrons. The first-order valence-corrected chi connectivity index (χ1v) is 6.88. The molecule has 2 rings (SSSR count). The van der Waals surface area contributed by atoms with Gasteiger partial charge in [-0.3, -0.25) is 5.10 Å². The zero-order valence-electron chi connectivity index (χ0n) is 11.6. The fraction of sp³-hybridized carbons (Fsp3) is 0.786. The number of anilines is 1. The fourth-order valence-electron chi connectivity index (χ4n) is 2.76. The van der Waals surface area contributed by atoms with E-state index < -0.39 is 0 Å². The summed E-state index contributed by atoms with van der Waals surface area (Å²) in [7, 11) is 0. The standard InChI is InChI=1S/C14H25N3/c1-5-14(3,4)10-7-8-12-11(9-10)13(15-6-2)17-16-12/h10H,5-9H2,1-4H3,(H2,15,16,17). The van der Waals surface area contributed by atoms with Crippen LogP contribution >= 0.6 is 0 Å². The van der Waals surface area contributed by atoms with E-state index in [0.717, 1.165) is 24.7 Å². The van der Waals surface area contributed by atoms with Crippen molar-refractivity contribution in [1.82, 2.24) is 10.2 Å². The van der Waals surface area contributed by atoms with Crippen LogP contribution in [0.4, 0.5) is 5.82 Å². The highest BCUT2D eigenvalue weighted by Crippen LogP contribution is 2.40. The van der Waals surface area contributed by atoms with Crippen LogP contribution in [0.5, 0.6) is 0 Å². The molecule has 2 N–H and O–H groups in total. The summed E-state index contributed by atoms with van der Waals surface area (Å²) in [5.74, 6) is 1.87. The number of nitrogens with one attached hydrogen (secondary N) is 2. The second-order valence-electron chi connectivity index (χ2n) is 5.84. The average Bonchev–Trinajstić information content (AvgIpc) is 2.72. The van der Waals surface area contributed by atoms with Gasteiger partial charge in [-0.05, 0) is 37.5 Å². The van der Waals surface area contributed by atoms with Gasteiger partial charge in [-0.25, -0.2) is 0 Å². The molecule has 0 bridgehead atoms. The number of fused-ring (bicyclic) bond motifs is 1. The van der Waals surface area contributed by atoms with Gasteiger partial charge >= 0.3 is 0 Å². The Kier molecular flexibility index (Phi) is 3.45. The molecule has 1 aromatic rings. The van der Waals surface area contributed by atoms with Gasteiger partial charge in [-0.2, -0.15) is 5.10 Å². The van der Waals surface area contributed by atoms with E-state index in [1.54, 1.807) is 0 Å². The van der Waals surface area contributed by atoms with Gasteiger partial charge in [0.25, 0.3) is 0 Å². The lowest BCUT2D eigenvalue weighted by atomic mass is 9.69. The SMILES string of the molecule is CCNc1n[nH]c2c1CC(C(C)(C)CC)CC2. The Bertz CT molecular complexity index is 379. The molecule has 1 atom stereocenters. The van der Waals surface area contributed by atoms with E-state index in [2.05, 4.69) is 43.2 Å². The van der Waals surface area contributed by atoms with Crippen LogP contribution in [0.25, 0.3) is 0 Å². The number of rotatable bonds is 4. The molecule has 0 spiro atoms. The maximum absolute atomic E-state index is 4.39. The van der Waals surface area contributed by atoms with Gasteiger partial charge in [0.1, 0.15) is 0 Å². The first kappa shape index (κ1) is 12.5. The van der Waals surface area contributed by atoms with Crippen LogP contribution in [0.1, 0.15) is 51.8 Å². The van der Waals surface area contributed by atoms with Crippen molar-refractivity contribution in [3.63, 3.8) is 0 Å². The number of aromatic nitrogens is 2. The molecule has 1 aliphatic carbocycles. The Hall–Kier alpha value is -0.990. The summed E-state index contributed by atoms with van der Waals surface area (Å²) in [6.07, 6.45) is 4.87. The van der Waals surface area contributed by atoms with E-state index in [1.165, 1.54) is 30.5 Å². The minimum atomic E-state index is 0.443. The smallest absolute Gasteiger partial charge is 0.151 e. The summed E-state index contributed by atoms with van der Waals surface area (Å²) in [5.41, 5.74) is 3.23. The summed E-state index contributed by atoms with van der Waals surface area (Å²) in [6.45, 7) is 10.2. The zero-order chi connectivity index (χ0) is 12.5. The van der Waals surface area contributed by atoms with Crippen molar-refractivity contribution in [2.45, 2.75) is 53.4 Å². The molecule has 3 nitrogen and oxygen atoms in total. The molecule has 0 amide bonds. The third-order valence-corrected chi connectivity index (χ3v) is 4.51. The predicted molar refractivity (Wildman–Crippen MR) is 72.3 cm³/mol. The molecular weight excluding hydrogens is 210 g/mol. The van der Waals surface area contributed by atoms with Gasteiger partial charge in [0.15, 0.2) is 5.82 Å². The molecule has 1 unspecified atom stereocenters. The molecule has 3 heteroatoms. The third kappa shape index (κ3) is 2.33. The summed E-state index contributed by atoms with van der Waals surface area (Å²) >= 11 is 0. The zero-order valence-corrected chi connectivity index (χ0v) is 11.6. The Balaban J connectivity index is 2.19. The summed E-state index contributed by atoms with van der Waals surface area (Å²) in [5, 5.41) is 10.9. The Morgan fingerprint density at radius 2 is 2.18 bits per heavy atom. The van der Waals surface area contributed by atoms with Crippen molar-refractivity contribution in [3.05, 3.63) is 11.3 Å². The van der Waals surface area contributed by atoms with Crippen LogP contribution in [0.15, 0.2) is 0 Å². The van der Waals surface area contributed by atoms with Gasteiger partial charge in [-0.15, -0.1) is 0 Å². The predicted octanol–water partition coefficient (Wildman–Crippen LogP) is 3.38. The first-order chi connectivity index (χ1) is 8.08. The molecule has 0 aliphatic heterocycles. The molecule has 0 saturated heterocycles. The summed E-state index contributed by atoms with van der Waals surface area (Å²) in [4.78, 5) is 0. The summed E-state index contributed by atoms with van der Waals surface area (Å²) < 4.78 is 0. The minimum absolute atomic E-state index is 0.443. The van der Waals surface area contributed by atoms with E-state index in [1.807, 2.05) is 0 Å². The quantitative estimate of drug-likeness (QED) is 0.840. The highest BCUT2D eigenvalue weighted by atomic mass is 15.2. The van der Waals surface area contributed by atoms with E-state index >= 15 is 0 Å². The van der Waals surface area contributed by atoms with Crippen LogP contribution in [0, 0.1) is 11.3 Å². The minimum Gasteiger partial charge on any atom is -0.369 e. The van der Waals surface area contributed by atoms with Crippen molar-refractivity contribution in [2.75, 3.05) is 11.9 Å². The maximum Gasteiger partial charge on any atom is 0.151 e. The van der Waals surface area contributed by atoms with E-state index in [9.17, 15) is 0 Å². The second-order valence-corrected chi connectivity index (χ2v) is 5.84. The van der Waals surface area contributed by atoms with Crippen molar-refractivity contribution < 1.29 is 0 Å². The van der Waals surface area contributed by atoms with Gasteiger partial charge in [-0.1, -0.05) is 27.2 Å². The van der Waals surface area contributed by atoms with Crippen molar-refractivity contribution in [3.8, 4) is 0 Å². The number of hydrogen-bond acceptors (Lipinski definition) is 2. The van der Waals surface area contributed by atoms with Crippen molar-refractivity contribution in [1.29, 1.82) is 0 Å². The lowest BCUT2D eigenvalue weighted by molar-refractivity contribution is 0.183. The number of aromatic amines is 1. The van der Waals surface area contributed by atoms with E-state index in [-0.39, 0.29) is 0 Å². The van der Waals surface area contributed by atoms with E-state index in [4.69, 9.17) is 0 Å². The Labute approximate surface area is 104 Å². The molecule has 1 heterocycles. The van der Waals surface area contributed by atoms with Gasteiger partial charge < -0.3 is 5.32 Å². The topological polar surface area (TPSA) is 40.7 Å². The normalized spacial score (nSPS) is 20.1. The fourth-order valence-corrected chi connectivity index (χ4v) is 2.76. The number of hydrogen-bond donors (Lipinski definition) is 2.